The van der Waals surface area contributed by atoms with Crippen molar-refractivity contribution in [3.8, 4) is 0 Å². The van der Waals surface area contributed by atoms with Gasteiger partial charge in [-0.1, -0.05) is 13.8 Å². The smallest absolute Gasteiger partial charge is 0.473 e. The van der Waals surface area contributed by atoms with Gasteiger partial charge in [-0.25, -0.2) is 0 Å². The molecular weight excluding hydrogens is 318 g/mol. The lowest BCUT2D eigenvalue weighted by Crippen LogP contribution is -2.57. The highest BCUT2D eigenvalue weighted by Gasteiger charge is 2.46. The van der Waals surface area contributed by atoms with Crippen LogP contribution in [-0.2, 0) is 17.5 Å². The Labute approximate surface area is 133 Å². The van der Waals surface area contributed by atoms with Gasteiger partial charge >= 0.3 is 14.8 Å². The van der Waals surface area contributed by atoms with Gasteiger partial charge in [0.2, 0.25) is 0 Å². The van der Waals surface area contributed by atoms with Gasteiger partial charge in [0, 0.05) is 6.55 Å². The average molecular weight is 352 g/mol. The predicted molar refractivity (Wildman–Crippen MR) is 94.0 cm³/mol. The van der Waals surface area contributed by atoms with Crippen LogP contribution in [0.5, 0.6) is 0 Å². The van der Waals surface area contributed by atoms with Crippen molar-refractivity contribution in [1.29, 1.82) is 0 Å². The highest BCUT2D eigenvalue weighted by Crippen LogP contribution is 2.22. The molecule has 0 amide bonds. The number of hydrogen-bond donors (Lipinski definition) is 1. The lowest BCUT2D eigenvalue weighted by Gasteiger charge is -2.36. The number of hydrogen-bond acceptors (Lipinski definition) is 5. The Bertz CT molecular complexity index is 334. The summed E-state index contributed by atoms with van der Waals surface area (Å²) < 4.78 is 17.9. The molecule has 0 saturated heterocycles. The van der Waals surface area contributed by atoms with Crippen LogP contribution in [0.3, 0.4) is 0 Å². The fourth-order valence-electron chi connectivity index (χ4n) is 2.04. The average Bonchev–Trinajstić information content (AvgIpc) is 2.08. The third-order valence-electron chi connectivity index (χ3n) is 2.30. The van der Waals surface area contributed by atoms with Crippen LogP contribution in [-0.4, -0.2) is 37.5 Å². The molecule has 0 spiro atoms. The van der Waals surface area contributed by atoms with E-state index in [1.807, 2.05) is 20.4 Å². The Morgan fingerprint density at radius 1 is 0.952 bits per heavy atom. The number of rotatable bonds is 8. The maximum absolute atomic E-state index is 12.2. The third kappa shape index (κ3) is 10.4. The Kier molecular flexibility index (Phi) is 7.51. The molecule has 0 aromatic carbocycles. The summed E-state index contributed by atoms with van der Waals surface area (Å²) >= 11 is 0. The van der Waals surface area contributed by atoms with Crippen LogP contribution in [0, 0.1) is 5.92 Å². The van der Waals surface area contributed by atoms with Gasteiger partial charge in [0.25, 0.3) is 0 Å². The molecule has 0 radical (unpaired) electrons. The first-order valence-electron chi connectivity index (χ1n) is 7.52. The van der Waals surface area contributed by atoms with Gasteiger partial charge < -0.3 is 18.4 Å². The molecule has 126 valence electrons. The minimum atomic E-state index is -3.00. The lowest BCUT2D eigenvalue weighted by atomic mass is 10.1. The molecule has 0 fully saturated rings. The summed E-state index contributed by atoms with van der Waals surface area (Å²) in [6.07, 6.45) is 0.600. The van der Waals surface area contributed by atoms with E-state index in [9.17, 15) is 4.79 Å². The fourth-order valence-corrected chi connectivity index (χ4v) is 12.3. The highest BCUT2D eigenvalue weighted by atomic mass is 28.5. The Hall–Kier alpha value is 0.000649. The molecule has 0 aromatic rings. The molecule has 2 N–H and O–H groups in total. The summed E-state index contributed by atoms with van der Waals surface area (Å²) in [6, 6.07) is -0.618. The SMILES string of the molecule is CC(C)C[C@H](N)C(=O)O[Si](C)(O[Si](C)(C)C)O[Si](C)(C)C. The van der Waals surface area contributed by atoms with Crippen molar-refractivity contribution < 1.29 is 17.5 Å². The first kappa shape index (κ1) is 21.0. The zero-order valence-corrected chi connectivity index (χ0v) is 18.1. The first-order valence-corrected chi connectivity index (χ1v) is 16.6. The maximum Gasteiger partial charge on any atom is 0.543 e. The van der Waals surface area contributed by atoms with E-state index < -0.39 is 37.5 Å². The number of nitrogens with two attached hydrogens (primary N) is 1. The van der Waals surface area contributed by atoms with Crippen molar-refractivity contribution in [3.63, 3.8) is 0 Å². The molecule has 0 unspecified atom stereocenters. The van der Waals surface area contributed by atoms with Gasteiger partial charge in [0.1, 0.15) is 6.04 Å². The quantitative estimate of drug-likeness (QED) is 0.680. The van der Waals surface area contributed by atoms with Crippen LogP contribution in [0.25, 0.3) is 0 Å². The van der Waals surface area contributed by atoms with Crippen LogP contribution in [0.1, 0.15) is 20.3 Å². The molecule has 0 saturated carbocycles. The van der Waals surface area contributed by atoms with E-state index >= 15 is 0 Å². The molecule has 0 aliphatic heterocycles. The van der Waals surface area contributed by atoms with Gasteiger partial charge in [0.05, 0.1) is 0 Å². The van der Waals surface area contributed by atoms with E-state index in [0.29, 0.717) is 12.3 Å². The molecule has 0 heterocycles. The van der Waals surface area contributed by atoms with Crippen LogP contribution in [0.4, 0.5) is 0 Å². The monoisotopic (exact) mass is 351 g/mol. The second-order valence-electron chi connectivity index (χ2n) is 7.95. The van der Waals surface area contributed by atoms with Gasteiger partial charge in [-0.3, -0.25) is 4.79 Å². The van der Waals surface area contributed by atoms with Crippen molar-refractivity contribution in [3.05, 3.63) is 0 Å². The summed E-state index contributed by atoms with van der Waals surface area (Å²) in [7, 11) is -6.77. The zero-order valence-electron chi connectivity index (χ0n) is 15.1. The molecule has 8 heteroatoms. The molecule has 0 aliphatic rings. The summed E-state index contributed by atoms with van der Waals surface area (Å²) in [5.74, 6) is -0.0642. The van der Waals surface area contributed by atoms with Crippen molar-refractivity contribution in [2.24, 2.45) is 11.7 Å². The second kappa shape index (κ2) is 7.51. The topological polar surface area (TPSA) is 70.8 Å². The normalized spacial score (nSPS) is 15.2. The van der Waals surface area contributed by atoms with Crippen molar-refractivity contribution in [2.45, 2.75) is 72.1 Å². The zero-order chi connectivity index (χ0) is 17.1. The summed E-state index contributed by atoms with van der Waals surface area (Å²) in [5, 5.41) is 0. The van der Waals surface area contributed by atoms with Gasteiger partial charge in [-0.15, -0.1) is 0 Å². The van der Waals surface area contributed by atoms with E-state index in [0.717, 1.165) is 0 Å². The molecule has 1 atom stereocenters. The first-order chi connectivity index (χ1) is 9.14. The van der Waals surface area contributed by atoms with E-state index in [-0.39, 0.29) is 0 Å². The van der Waals surface area contributed by atoms with E-state index in [1.54, 1.807) is 0 Å². The fraction of sp³-hybridized carbons (Fsp3) is 0.923. The molecule has 0 bridgehead atoms. The van der Waals surface area contributed by atoms with Crippen molar-refractivity contribution in [1.82, 2.24) is 0 Å². The molecule has 0 aromatic heterocycles. The summed E-state index contributed by atoms with van der Waals surface area (Å²) in [6.45, 7) is 18.2. The van der Waals surface area contributed by atoms with Gasteiger partial charge in [0.15, 0.2) is 16.6 Å². The third-order valence-corrected chi connectivity index (χ3v) is 10.7. The summed E-state index contributed by atoms with van der Waals surface area (Å²) in [5.41, 5.74) is 5.91. The molecule has 0 rings (SSSR count). The predicted octanol–water partition coefficient (Wildman–Crippen LogP) is 3.17. The van der Waals surface area contributed by atoms with E-state index in [4.69, 9.17) is 18.4 Å². The van der Waals surface area contributed by atoms with Gasteiger partial charge in [-0.2, -0.15) is 0 Å². The van der Waals surface area contributed by atoms with Gasteiger partial charge in [-0.05, 0) is 51.6 Å². The van der Waals surface area contributed by atoms with E-state index in [1.165, 1.54) is 0 Å². The standard InChI is InChI=1S/C13H33NO4Si3/c1-11(2)10-12(14)13(15)16-21(9,17-19(3,4)5)18-20(6,7)8/h11-12H,10,14H2,1-9H3/t12-/m0/s1. The maximum atomic E-state index is 12.2. The number of carbonyl (C=O) groups is 1. The minimum absolute atomic E-state index is 0.344. The van der Waals surface area contributed by atoms with Crippen molar-refractivity contribution in [2.75, 3.05) is 0 Å². The summed E-state index contributed by atoms with van der Waals surface area (Å²) in [4.78, 5) is 12.2. The number of carbonyl (C=O) groups excluding carboxylic acids is 1. The minimum Gasteiger partial charge on any atom is -0.473 e. The van der Waals surface area contributed by atoms with Crippen LogP contribution in [0.2, 0.25) is 45.8 Å². The molecule has 5 nitrogen and oxygen atoms in total. The molecule has 21 heavy (non-hydrogen) atoms. The Morgan fingerprint density at radius 2 is 1.33 bits per heavy atom. The second-order valence-corrected chi connectivity index (χ2v) is 20.0. The highest BCUT2D eigenvalue weighted by molar-refractivity contribution is 6.85. The van der Waals surface area contributed by atoms with Crippen LogP contribution >= 0.6 is 0 Å². The molecule has 0 aliphatic carbocycles. The van der Waals surface area contributed by atoms with E-state index in [2.05, 4.69) is 39.3 Å². The lowest BCUT2D eigenvalue weighted by molar-refractivity contribution is -0.139. The van der Waals surface area contributed by atoms with Crippen LogP contribution in [0.15, 0.2) is 0 Å². The Balaban J connectivity index is 5.02. The Morgan fingerprint density at radius 3 is 1.62 bits per heavy atom. The largest absolute Gasteiger partial charge is 0.543 e. The molecular formula is C13H33NO4Si3. The van der Waals surface area contributed by atoms with Crippen molar-refractivity contribution >= 4 is 31.4 Å². The van der Waals surface area contributed by atoms with Crippen LogP contribution < -0.4 is 5.73 Å².